The van der Waals surface area contributed by atoms with Crippen molar-refractivity contribution in [2.45, 2.75) is 38.3 Å². The zero-order valence-electron chi connectivity index (χ0n) is 11.4. The fourth-order valence-corrected chi connectivity index (χ4v) is 1.95. The van der Waals surface area contributed by atoms with E-state index in [2.05, 4.69) is 10.6 Å². The molecule has 5 N–H and O–H groups in total. The van der Waals surface area contributed by atoms with Crippen molar-refractivity contribution in [3.63, 3.8) is 0 Å². The van der Waals surface area contributed by atoms with E-state index in [0.29, 0.717) is 12.2 Å². The van der Waals surface area contributed by atoms with Crippen LogP contribution in [0.3, 0.4) is 0 Å². The van der Waals surface area contributed by atoms with Crippen LogP contribution >= 0.6 is 11.8 Å². The summed E-state index contributed by atoms with van der Waals surface area (Å²) in [6, 6.07) is -1.57. The zero-order chi connectivity index (χ0) is 15.1. The number of nitrogens with two attached hydrogens (primary N) is 1. The molecule has 0 heterocycles. The average molecular weight is 291 g/mol. The van der Waals surface area contributed by atoms with E-state index in [-0.39, 0.29) is 6.42 Å². The molecule has 0 spiro atoms. The Morgan fingerprint density at radius 2 is 1.95 bits per heavy atom. The summed E-state index contributed by atoms with van der Waals surface area (Å²) < 4.78 is 0. The van der Waals surface area contributed by atoms with E-state index in [1.165, 1.54) is 11.8 Å². The highest BCUT2D eigenvalue weighted by Crippen LogP contribution is 2.07. The van der Waals surface area contributed by atoms with Crippen LogP contribution in [0.15, 0.2) is 0 Å². The Morgan fingerprint density at radius 3 is 2.37 bits per heavy atom. The van der Waals surface area contributed by atoms with Gasteiger partial charge in [0.25, 0.3) is 0 Å². The number of hydrogen-bond acceptors (Lipinski definition) is 4. The van der Waals surface area contributed by atoms with E-state index in [4.69, 9.17) is 10.8 Å². The van der Waals surface area contributed by atoms with Crippen molar-refractivity contribution in [3.05, 3.63) is 0 Å². The third-order valence-electron chi connectivity index (χ3n) is 2.28. The number of primary amides is 1. The van der Waals surface area contributed by atoms with Gasteiger partial charge in [-0.25, -0.2) is 9.59 Å². The lowest BCUT2D eigenvalue weighted by Gasteiger charge is -2.26. The minimum atomic E-state index is -1.09. The molecule has 0 bridgehead atoms. The standard InChI is InChI=1S/C11H21N3O4S/c1-11(2,6-8(12)15)14-10(18)13-7(9(16)17)4-5-19-3/h7H,4-6H2,1-3H3,(H2,12,15)(H,16,17)(H2,13,14,18)/t7-/m1/s1. The molecule has 19 heavy (non-hydrogen) atoms. The van der Waals surface area contributed by atoms with Crippen LogP contribution in [0.2, 0.25) is 0 Å². The van der Waals surface area contributed by atoms with E-state index in [1.54, 1.807) is 13.8 Å². The van der Waals surface area contributed by atoms with E-state index in [0.717, 1.165) is 0 Å². The van der Waals surface area contributed by atoms with Gasteiger partial charge in [-0.1, -0.05) is 0 Å². The summed E-state index contributed by atoms with van der Waals surface area (Å²) in [5, 5.41) is 13.9. The normalized spacial score (nSPS) is 12.6. The highest BCUT2D eigenvalue weighted by atomic mass is 32.2. The quantitative estimate of drug-likeness (QED) is 0.507. The van der Waals surface area contributed by atoms with Crippen LogP contribution in [-0.4, -0.2) is 46.6 Å². The van der Waals surface area contributed by atoms with Gasteiger partial charge in [0.15, 0.2) is 0 Å². The number of rotatable bonds is 8. The second-order valence-electron chi connectivity index (χ2n) is 4.80. The molecule has 110 valence electrons. The minimum absolute atomic E-state index is 0.0248. The number of hydrogen-bond donors (Lipinski definition) is 4. The van der Waals surface area contributed by atoms with Gasteiger partial charge in [0.2, 0.25) is 5.91 Å². The largest absolute Gasteiger partial charge is 0.480 e. The van der Waals surface area contributed by atoms with Gasteiger partial charge in [0, 0.05) is 12.0 Å². The molecule has 0 rings (SSSR count). The maximum absolute atomic E-state index is 11.7. The lowest BCUT2D eigenvalue weighted by Crippen LogP contribution is -2.53. The van der Waals surface area contributed by atoms with Crippen LogP contribution < -0.4 is 16.4 Å². The van der Waals surface area contributed by atoms with Crippen LogP contribution in [-0.2, 0) is 9.59 Å². The number of aliphatic carboxylic acids is 1. The smallest absolute Gasteiger partial charge is 0.326 e. The molecule has 0 saturated heterocycles. The van der Waals surface area contributed by atoms with Crippen molar-refractivity contribution >= 4 is 29.7 Å². The summed E-state index contributed by atoms with van der Waals surface area (Å²) in [7, 11) is 0. The maximum atomic E-state index is 11.7. The third-order valence-corrected chi connectivity index (χ3v) is 2.93. The highest BCUT2D eigenvalue weighted by Gasteiger charge is 2.25. The molecule has 0 aliphatic carbocycles. The van der Waals surface area contributed by atoms with E-state index >= 15 is 0 Å². The minimum Gasteiger partial charge on any atom is -0.480 e. The predicted molar refractivity (Wildman–Crippen MR) is 74.0 cm³/mol. The predicted octanol–water partition coefficient (Wildman–Crippen LogP) is 0.146. The van der Waals surface area contributed by atoms with Gasteiger partial charge < -0.3 is 21.5 Å². The van der Waals surface area contributed by atoms with Gasteiger partial charge in [-0.2, -0.15) is 11.8 Å². The Labute approximate surface area is 116 Å². The molecular formula is C11H21N3O4S. The molecule has 0 fully saturated rings. The molecule has 0 aliphatic heterocycles. The van der Waals surface area contributed by atoms with Crippen molar-refractivity contribution in [2.24, 2.45) is 5.73 Å². The number of carbonyl (C=O) groups excluding carboxylic acids is 2. The van der Waals surface area contributed by atoms with Crippen LogP contribution in [0.5, 0.6) is 0 Å². The van der Waals surface area contributed by atoms with Gasteiger partial charge in [-0.05, 0) is 32.3 Å². The summed E-state index contributed by atoms with van der Waals surface area (Å²) in [4.78, 5) is 33.5. The summed E-state index contributed by atoms with van der Waals surface area (Å²) in [5.41, 5.74) is 4.24. The number of urea groups is 1. The molecule has 0 aromatic carbocycles. The van der Waals surface area contributed by atoms with Gasteiger partial charge in [0.1, 0.15) is 6.04 Å². The molecule has 0 aliphatic rings. The molecule has 3 amide bonds. The van der Waals surface area contributed by atoms with Crippen molar-refractivity contribution in [2.75, 3.05) is 12.0 Å². The number of carbonyl (C=O) groups is 3. The zero-order valence-corrected chi connectivity index (χ0v) is 12.2. The van der Waals surface area contributed by atoms with Crippen LogP contribution in [0.1, 0.15) is 26.7 Å². The molecule has 1 atom stereocenters. The highest BCUT2D eigenvalue weighted by molar-refractivity contribution is 7.98. The monoisotopic (exact) mass is 291 g/mol. The van der Waals surface area contributed by atoms with Crippen molar-refractivity contribution < 1.29 is 19.5 Å². The van der Waals surface area contributed by atoms with Gasteiger partial charge in [-0.3, -0.25) is 4.79 Å². The molecule has 0 radical (unpaired) electrons. The number of thioether (sulfide) groups is 1. The van der Waals surface area contributed by atoms with E-state index in [1.807, 2.05) is 6.26 Å². The Morgan fingerprint density at radius 1 is 1.37 bits per heavy atom. The summed E-state index contributed by atoms with van der Waals surface area (Å²) in [6.45, 7) is 3.27. The van der Waals surface area contributed by atoms with E-state index in [9.17, 15) is 14.4 Å². The molecule has 0 aromatic heterocycles. The topological polar surface area (TPSA) is 122 Å². The maximum Gasteiger partial charge on any atom is 0.326 e. The second-order valence-corrected chi connectivity index (χ2v) is 5.78. The SMILES string of the molecule is CSCC[C@@H](NC(=O)NC(C)(C)CC(N)=O)C(=O)O. The molecular weight excluding hydrogens is 270 g/mol. The first-order chi connectivity index (χ1) is 8.68. The summed E-state index contributed by atoms with van der Waals surface area (Å²) in [5.74, 6) is -0.999. The number of nitrogens with one attached hydrogen (secondary N) is 2. The first-order valence-corrected chi connectivity index (χ1v) is 7.16. The van der Waals surface area contributed by atoms with Crippen molar-refractivity contribution in [3.8, 4) is 0 Å². The first kappa shape index (κ1) is 17.6. The van der Waals surface area contributed by atoms with Crippen molar-refractivity contribution in [1.82, 2.24) is 10.6 Å². The van der Waals surface area contributed by atoms with Crippen molar-refractivity contribution in [1.29, 1.82) is 0 Å². The van der Waals surface area contributed by atoms with Crippen LogP contribution in [0.25, 0.3) is 0 Å². The second kappa shape index (κ2) is 7.88. The van der Waals surface area contributed by atoms with Crippen LogP contribution in [0.4, 0.5) is 4.79 Å². The van der Waals surface area contributed by atoms with Crippen LogP contribution in [0, 0.1) is 0 Å². The Hall–Kier alpha value is -1.44. The summed E-state index contributed by atoms with van der Waals surface area (Å²) >= 11 is 1.50. The van der Waals surface area contributed by atoms with Gasteiger partial charge in [0.05, 0.1) is 0 Å². The Bertz CT molecular complexity index is 347. The molecule has 0 saturated carbocycles. The number of amides is 3. The first-order valence-electron chi connectivity index (χ1n) is 5.76. The lowest BCUT2D eigenvalue weighted by molar-refractivity contribution is -0.139. The molecule has 0 unspecified atom stereocenters. The Kier molecular flexibility index (Phi) is 7.28. The van der Waals surface area contributed by atoms with Gasteiger partial charge >= 0.3 is 12.0 Å². The fourth-order valence-electron chi connectivity index (χ4n) is 1.47. The van der Waals surface area contributed by atoms with Gasteiger partial charge in [-0.15, -0.1) is 0 Å². The average Bonchev–Trinajstić information content (AvgIpc) is 2.20. The molecule has 0 aromatic rings. The number of carboxylic acid groups (broad SMARTS) is 1. The third kappa shape index (κ3) is 8.30. The fraction of sp³-hybridized carbons (Fsp3) is 0.727. The Balaban J connectivity index is 4.40. The number of carboxylic acids is 1. The summed E-state index contributed by atoms with van der Waals surface area (Å²) in [6.07, 6.45) is 2.16. The lowest BCUT2D eigenvalue weighted by atomic mass is 10.0. The molecule has 8 heteroatoms. The molecule has 7 nitrogen and oxygen atoms in total. The van der Waals surface area contributed by atoms with E-state index < -0.39 is 29.5 Å².